The van der Waals surface area contributed by atoms with Gasteiger partial charge in [0.15, 0.2) is 0 Å². The van der Waals surface area contributed by atoms with Crippen molar-refractivity contribution in [1.29, 1.82) is 0 Å². The van der Waals surface area contributed by atoms with Gasteiger partial charge in [-0.25, -0.2) is 4.79 Å². The number of ether oxygens (including phenoxy) is 1. The number of anilines is 1. The number of hydrogen-bond acceptors (Lipinski definition) is 3. The first-order valence-electron chi connectivity index (χ1n) is 6.23. The molecule has 0 spiro atoms. The third-order valence-corrected chi connectivity index (χ3v) is 3.45. The molecule has 0 aliphatic carbocycles. The summed E-state index contributed by atoms with van der Waals surface area (Å²) in [5, 5.41) is 0. The van der Waals surface area contributed by atoms with E-state index in [-0.39, 0.29) is 22.8 Å². The van der Waals surface area contributed by atoms with Gasteiger partial charge in [-0.1, -0.05) is 15.9 Å². The average Bonchev–Trinajstić information content (AvgIpc) is 2.68. The van der Waals surface area contributed by atoms with Crippen LogP contribution in [0.4, 0.5) is 5.69 Å². The minimum atomic E-state index is -0.340. The molecule has 1 unspecified atom stereocenters. The zero-order valence-electron chi connectivity index (χ0n) is 10.9. The molecule has 1 fully saturated rings. The summed E-state index contributed by atoms with van der Waals surface area (Å²) in [7, 11) is 0. The van der Waals surface area contributed by atoms with Crippen molar-refractivity contribution in [3.05, 3.63) is 29.8 Å². The number of amides is 1. The van der Waals surface area contributed by atoms with Crippen molar-refractivity contribution in [2.24, 2.45) is 0 Å². The summed E-state index contributed by atoms with van der Waals surface area (Å²) in [4.78, 5) is 25.4. The normalized spacial score (nSPS) is 19.1. The molecular weight excluding hydrogens is 310 g/mol. The molecule has 1 amide bonds. The van der Waals surface area contributed by atoms with E-state index in [2.05, 4.69) is 15.9 Å². The molecule has 1 atom stereocenters. The number of alkyl halides is 1. The second kappa shape index (κ2) is 5.74. The highest BCUT2D eigenvalue weighted by molar-refractivity contribution is 9.09. The van der Waals surface area contributed by atoms with E-state index in [0.717, 1.165) is 5.69 Å². The second-order valence-electron chi connectivity index (χ2n) is 4.81. The summed E-state index contributed by atoms with van der Waals surface area (Å²) in [5.41, 5.74) is 1.31. The second-order valence-corrected chi connectivity index (χ2v) is 6.10. The minimum Gasteiger partial charge on any atom is -0.459 e. The molecule has 102 valence electrons. The van der Waals surface area contributed by atoms with Crippen LogP contribution in [0.2, 0.25) is 0 Å². The summed E-state index contributed by atoms with van der Waals surface area (Å²) >= 11 is 3.44. The number of carbonyl (C=O) groups excluding carboxylic acids is 2. The first-order valence-corrected chi connectivity index (χ1v) is 7.14. The van der Waals surface area contributed by atoms with Crippen molar-refractivity contribution in [2.45, 2.75) is 31.2 Å². The fraction of sp³-hybridized carbons (Fsp3) is 0.429. The van der Waals surface area contributed by atoms with Crippen LogP contribution >= 0.6 is 15.9 Å². The Morgan fingerprint density at radius 1 is 1.37 bits per heavy atom. The molecule has 0 saturated carbocycles. The molecule has 0 N–H and O–H groups in total. The Morgan fingerprint density at radius 3 is 2.47 bits per heavy atom. The summed E-state index contributed by atoms with van der Waals surface area (Å²) < 4.78 is 5.11. The number of benzene rings is 1. The van der Waals surface area contributed by atoms with Gasteiger partial charge in [0.1, 0.15) is 0 Å². The van der Waals surface area contributed by atoms with Crippen molar-refractivity contribution in [2.75, 3.05) is 11.4 Å². The van der Waals surface area contributed by atoms with Gasteiger partial charge >= 0.3 is 5.97 Å². The van der Waals surface area contributed by atoms with Crippen LogP contribution in [0.25, 0.3) is 0 Å². The van der Waals surface area contributed by atoms with Gasteiger partial charge in [0.2, 0.25) is 5.91 Å². The lowest BCUT2D eigenvalue weighted by Gasteiger charge is -2.16. The molecule has 0 aromatic heterocycles. The van der Waals surface area contributed by atoms with Crippen molar-refractivity contribution in [3.8, 4) is 0 Å². The van der Waals surface area contributed by atoms with E-state index < -0.39 is 0 Å². The summed E-state index contributed by atoms with van der Waals surface area (Å²) in [6.45, 7) is 4.28. The molecule has 1 saturated heterocycles. The summed E-state index contributed by atoms with van der Waals surface area (Å²) in [6.07, 6.45) is 0.374. The monoisotopic (exact) mass is 325 g/mol. The maximum atomic E-state index is 11.8. The molecule has 1 aliphatic rings. The lowest BCUT2D eigenvalue weighted by Crippen LogP contribution is -2.24. The average molecular weight is 326 g/mol. The number of esters is 1. The predicted octanol–water partition coefficient (Wildman–Crippen LogP) is 2.75. The summed E-state index contributed by atoms with van der Waals surface area (Å²) in [5.74, 6) is -0.243. The highest BCUT2D eigenvalue weighted by Gasteiger charge is 2.28. The molecule has 1 heterocycles. The van der Waals surface area contributed by atoms with Gasteiger partial charge < -0.3 is 9.64 Å². The molecule has 2 rings (SSSR count). The first-order chi connectivity index (χ1) is 8.97. The zero-order valence-corrected chi connectivity index (χ0v) is 12.5. The topological polar surface area (TPSA) is 46.6 Å². The number of rotatable bonds is 3. The van der Waals surface area contributed by atoms with Gasteiger partial charge in [0.05, 0.1) is 11.7 Å². The summed E-state index contributed by atoms with van der Waals surface area (Å²) in [6, 6.07) is 6.93. The first kappa shape index (κ1) is 14.1. The van der Waals surface area contributed by atoms with Crippen molar-refractivity contribution in [1.82, 2.24) is 0 Å². The molecule has 1 aromatic rings. The van der Waals surface area contributed by atoms with Crippen molar-refractivity contribution >= 4 is 33.5 Å². The van der Waals surface area contributed by atoms with E-state index >= 15 is 0 Å². The minimum absolute atomic E-state index is 0.0966. The van der Waals surface area contributed by atoms with Gasteiger partial charge in [-0.2, -0.15) is 0 Å². The number of nitrogens with zero attached hydrogens (tertiary/aromatic N) is 1. The Bertz CT molecular complexity index is 484. The standard InChI is InChI=1S/C14H16BrNO3/c1-9(2)19-14(18)10-3-5-12(6-4-10)16-8-11(15)7-13(16)17/h3-6,9,11H,7-8H2,1-2H3. The molecule has 4 nitrogen and oxygen atoms in total. The predicted molar refractivity (Wildman–Crippen MR) is 76.7 cm³/mol. The SMILES string of the molecule is CC(C)OC(=O)c1ccc(N2CC(Br)CC2=O)cc1. The molecule has 5 heteroatoms. The van der Waals surface area contributed by atoms with E-state index in [1.54, 1.807) is 29.2 Å². The van der Waals surface area contributed by atoms with Crippen molar-refractivity contribution < 1.29 is 14.3 Å². The molecular formula is C14H16BrNO3. The fourth-order valence-corrected chi connectivity index (χ4v) is 2.54. The number of halogens is 1. The molecule has 0 radical (unpaired) electrons. The number of carbonyl (C=O) groups is 2. The maximum Gasteiger partial charge on any atom is 0.338 e. The van der Waals surface area contributed by atoms with Crippen LogP contribution in [-0.2, 0) is 9.53 Å². The van der Waals surface area contributed by atoms with Gasteiger partial charge in [-0.3, -0.25) is 4.79 Å². The van der Waals surface area contributed by atoms with Crippen molar-refractivity contribution in [3.63, 3.8) is 0 Å². The van der Waals surface area contributed by atoms with E-state index in [9.17, 15) is 9.59 Å². The van der Waals surface area contributed by atoms with Gasteiger partial charge in [0.25, 0.3) is 0 Å². The molecule has 1 aliphatic heterocycles. The van der Waals surface area contributed by atoms with Crippen LogP contribution in [0.3, 0.4) is 0 Å². The van der Waals surface area contributed by atoms with Crippen LogP contribution in [0, 0.1) is 0 Å². The third-order valence-electron chi connectivity index (χ3n) is 2.84. The van der Waals surface area contributed by atoms with E-state index in [4.69, 9.17) is 4.74 Å². The Hall–Kier alpha value is -1.36. The van der Waals surface area contributed by atoms with Gasteiger partial charge in [-0.15, -0.1) is 0 Å². The third kappa shape index (κ3) is 3.35. The Balaban J connectivity index is 2.10. The number of hydrogen-bond donors (Lipinski definition) is 0. The maximum absolute atomic E-state index is 11.8. The molecule has 0 bridgehead atoms. The molecule has 1 aromatic carbocycles. The van der Waals surface area contributed by atoms with Gasteiger partial charge in [-0.05, 0) is 38.1 Å². The molecule has 19 heavy (non-hydrogen) atoms. The lowest BCUT2D eigenvalue weighted by molar-refractivity contribution is -0.117. The smallest absolute Gasteiger partial charge is 0.338 e. The van der Waals surface area contributed by atoms with Gasteiger partial charge in [0, 0.05) is 23.5 Å². The highest BCUT2D eigenvalue weighted by Crippen LogP contribution is 2.25. The van der Waals surface area contributed by atoms with E-state index in [1.807, 2.05) is 13.8 Å². The van der Waals surface area contributed by atoms with E-state index in [1.165, 1.54) is 0 Å². The fourth-order valence-electron chi connectivity index (χ4n) is 1.97. The Labute approximate surface area is 120 Å². The van der Waals surface area contributed by atoms with E-state index in [0.29, 0.717) is 18.5 Å². The highest BCUT2D eigenvalue weighted by atomic mass is 79.9. The van der Waals surface area contributed by atoms with Crippen LogP contribution in [0.15, 0.2) is 24.3 Å². The van der Waals surface area contributed by atoms with Crippen LogP contribution in [0.1, 0.15) is 30.6 Å². The quantitative estimate of drug-likeness (QED) is 0.634. The largest absolute Gasteiger partial charge is 0.459 e. The van der Waals surface area contributed by atoms with Crippen LogP contribution in [0.5, 0.6) is 0 Å². The Kier molecular flexibility index (Phi) is 4.24. The van der Waals surface area contributed by atoms with Crippen LogP contribution < -0.4 is 4.90 Å². The Morgan fingerprint density at radius 2 is 2.00 bits per heavy atom. The zero-order chi connectivity index (χ0) is 14.0. The lowest BCUT2D eigenvalue weighted by atomic mass is 10.2. The van der Waals surface area contributed by atoms with Crippen LogP contribution in [-0.4, -0.2) is 29.4 Å².